The predicted molar refractivity (Wildman–Crippen MR) is 86.0 cm³/mol. The van der Waals surface area contributed by atoms with E-state index >= 15 is 0 Å². The molecule has 0 bridgehead atoms. The second-order valence-electron chi connectivity index (χ2n) is 4.23. The normalized spacial score (nSPS) is 14.2. The zero-order valence-corrected chi connectivity index (χ0v) is 14.3. The third-order valence-corrected chi connectivity index (χ3v) is 6.14. The summed E-state index contributed by atoms with van der Waals surface area (Å²) in [6, 6.07) is 10.1. The number of benzene rings is 1. The molecule has 0 amide bonds. The Morgan fingerprint density at radius 3 is 2.00 bits per heavy atom. The van der Waals surface area contributed by atoms with Gasteiger partial charge in [-0.1, -0.05) is 36.4 Å². The molecule has 1 aromatic carbocycles. The molecule has 0 fully saturated rings. The Bertz CT molecular complexity index is 379. The third-order valence-electron chi connectivity index (χ3n) is 3.21. The molecular weight excluding hydrogens is 294 g/mol. The first-order chi connectivity index (χ1) is 9.13. The summed E-state index contributed by atoms with van der Waals surface area (Å²) < 4.78 is 16.4. The van der Waals surface area contributed by atoms with Crippen molar-refractivity contribution in [3.8, 4) is 0 Å². The van der Waals surface area contributed by atoms with Gasteiger partial charge in [-0.15, -0.1) is 19.0 Å². The molecule has 6 heteroatoms. The minimum Gasteiger partial charge on any atom is -0.376 e. The van der Waals surface area contributed by atoms with Gasteiger partial charge in [-0.3, -0.25) is 5.32 Å². The molecule has 1 aromatic rings. The van der Waals surface area contributed by atoms with Crippen LogP contribution >= 0.6 is 12.4 Å². The highest BCUT2D eigenvalue weighted by molar-refractivity contribution is 6.62. The van der Waals surface area contributed by atoms with E-state index in [0.717, 1.165) is 5.56 Å². The van der Waals surface area contributed by atoms with Crippen molar-refractivity contribution in [2.45, 2.75) is 18.6 Å². The Hall–Kier alpha value is -0.693. The molecule has 1 N–H and O–H groups in total. The van der Waals surface area contributed by atoms with Crippen LogP contribution in [0.1, 0.15) is 18.5 Å². The van der Waals surface area contributed by atoms with Crippen LogP contribution in [0.4, 0.5) is 0 Å². The molecule has 2 unspecified atom stereocenters. The van der Waals surface area contributed by atoms with Crippen molar-refractivity contribution in [3.63, 3.8) is 0 Å². The van der Waals surface area contributed by atoms with Gasteiger partial charge in [-0.25, -0.2) is 0 Å². The maximum atomic E-state index is 5.48. The van der Waals surface area contributed by atoms with Gasteiger partial charge >= 0.3 is 8.80 Å². The monoisotopic (exact) mass is 317 g/mol. The minimum absolute atomic E-state index is 0. The van der Waals surface area contributed by atoms with Crippen molar-refractivity contribution in [2.75, 3.05) is 21.3 Å². The van der Waals surface area contributed by atoms with Gasteiger partial charge < -0.3 is 13.3 Å². The summed E-state index contributed by atoms with van der Waals surface area (Å²) in [5.74, 6) is 0. The van der Waals surface area contributed by atoms with Crippen LogP contribution in [0.5, 0.6) is 0 Å². The van der Waals surface area contributed by atoms with Crippen molar-refractivity contribution in [1.82, 2.24) is 5.32 Å². The SMILES string of the molecule is C=CC(NC(C)[Si](OC)(OC)OC)c1ccccc1.Cl. The highest BCUT2D eigenvalue weighted by atomic mass is 35.5. The molecule has 4 nitrogen and oxygen atoms in total. The van der Waals surface area contributed by atoms with Crippen LogP contribution in [0, 0.1) is 0 Å². The average Bonchev–Trinajstić information content (AvgIpc) is 2.48. The fraction of sp³-hybridized carbons (Fsp3) is 0.429. The predicted octanol–water partition coefficient (Wildman–Crippen LogP) is 2.73. The maximum absolute atomic E-state index is 5.48. The molecular formula is C14H24ClNO3Si. The largest absolute Gasteiger partial charge is 0.517 e. The van der Waals surface area contributed by atoms with Crippen molar-refractivity contribution in [1.29, 1.82) is 0 Å². The highest BCUT2D eigenvalue weighted by Crippen LogP contribution is 2.18. The summed E-state index contributed by atoms with van der Waals surface area (Å²) in [5, 5.41) is 3.45. The third kappa shape index (κ3) is 4.41. The van der Waals surface area contributed by atoms with Gasteiger partial charge in [0.25, 0.3) is 0 Å². The number of hydrogen-bond acceptors (Lipinski definition) is 4. The molecule has 2 atom stereocenters. The molecule has 0 aliphatic carbocycles. The standard InChI is InChI=1S/C14H23NO3Si.ClH/c1-6-14(13-10-8-7-9-11-13)15-12(2)19(16-3,17-4)18-5;/h6-12,14-15H,1H2,2-5H3;1H. The molecule has 0 aromatic heterocycles. The number of halogens is 1. The zero-order valence-electron chi connectivity index (χ0n) is 12.5. The lowest BCUT2D eigenvalue weighted by atomic mass is 10.1. The Balaban J connectivity index is 0.00000361. The molecule has 0 spiro atoms. The molecule has 0 radical (unpaired) electrons. The van der Waals surface area contributed by atoms with E-state index in [1.54, 1.807) is 21.3 Å². The minimum atomic E-state index is -2.69. The van der Waals surface area contributed by atoms with E-state index in [4.69, 9.17) is 13.3 Å². The number of hydrogen-bond donors (Lipinski definition) is 1. The van der Waals surface area contributed by atoms with Gasteiger partial charge in [0.2, 0.25) is 0 Å². The van der Waals surface area contributed by atoms with E-state index in [0.29, 0.717) is 0 Å². The molecule has 0 heterocycles. The average molecular weight is 318 g/mol. The van der Waals surface area contributed by atoms with E-state index in [-0.39, 0.29) is 24.1 Å². The Labute approximate surface area is 128 Å². The van der Waals surface area contributed by atoms with Crippen molar-refractivity contribution in [2.24, 2.45) is 0 Å². The Morgan fingerprint density at radius 1 is 1.10 bits per heavy atom. The molecule has 0 saturated heterocycles. The van der Waals surface area contributed by atoms with Gasteiger partial charge in [0.15, 0.2) is 0 Å². The van der Waals surface area contributed by atoms with E-state index in [1.807, 2.05) is 31.2 Å². The van der Waals surface area contributed by atoms with Gasteiger partial charge in [-0.05, 0) is 12.5 Å². The van der Waals surface area contributed by atoms with Gasteiger partial charge in [0.05, 0.1) is 11.7 Å². The fourth-order valence-electron chi connectivity index (χ4n) is 2.11. The van der Waals surface area contributed by atoms with E-state index in [9.17, 15) is 0 Å². The van der Waals surface area contributed by atoms with Crippen molar-refractivity contribution >= 4 is 21.2 Å². The van der Waals surface area contributed by atoms with Gasteiger partial charge in [0, 0.05) is 21.3 Å². The van der Waals surface area contributed by atoms with Crippen LogP contribution in [0.3, 0.4) is 0 Å². The smallest absolute Gasteiger partial charge is 0.376 e. The summed E-state index contributed by atoms with van der Waals surface area (Å²) in [5.41, 5.74) is 1.10. The Kier molecular flexibility index (Phi) is 8.96. The van der Waals surface area contributed by atoms with E-state index in [2.05, 4.69) is 24.0 Å². The van der Waals surface area contributed by atoms with Crippen molar-refractivity contribution in [3.05, 3.63) is 48.6 Å². The quantitative estimate of drug-likeness (QED) is 0.591. The molecule has 1 rings (SSSR count). The van der Waals surface area contributed by atoms with Crippen LogP contribution in [-0.4, -0.2) is 35.8 Å². The second-order valence-corrected chi connectivity index (χ2v) is 7.53. The van der Waals surface area contributed by atoms with Crippen LogP contribution in [0.15, 0.2) is 43.0 Å². The molecule has 0 saturated carbocycles. The topological polar surface area (TPSA) is 39.7 Å². The second kappa shape index (κ2) is 9.28. The molecule has 0 aliphatic rings. The summed E-state index contributed by atoms with van der Waals surface area (Å²) in [6.45, 7) is 5.88. The molecule has 0 aliphatic heterocycles. The summed E-state index contributed by atoms with van der Waals surface area (Å²) in [6.07, 6.45) is 1.87. The first-order valence-corrected chi connectivity index (χ1v) is 8.02. The highest BCUT2D eigenvalue weighted by Gasteiger charge is 2.45. The van der Waals surface area contributed by atoms with Crippen LogP contribution in [0.2, 0.25) is 0 Å². The summed E-state index contributed by atoms with van der Waals surface area (Å²) in [4.78, 5) is 0. The fourth-order valence-corrected chi connectivity index (χ4v) is 4.06. The summed E-state index contributed by atoms with van der Waals surface area (Å²) >= 11 is 0. The first kappa shape index (κ1) is 19.3. The number of rotatable bonds is 8. The van der Waals surface area contributed by atoms with Crippen LogP contribution in [-0.2, 0) is 13.3 Å². The lowest BCUT2D eigenvalue weighted by Crippen LogP contribution is -2.59. The van der Waals surface area contributed by atoms with Gasteiger partial charge in [-0.2, -0.15) is 0 Å². The molecule has 114 valence electrons. The zero-order chi connectivity index (χ0) is 14.3. The van der Waals surface area contributed by atoms with Crippen LogP contribution in [0.25, 0.3) is 0 Å². The molecule has 20 heavy (non-hydrogen) atoms. The van der Waals surface area contributed by atoms with Gasteiger partial charge in [0.1, 0.15) is 0 Å². The lowest BCUT2D eigenvalue weighted by molar-refractivity contribution is 0.108. The Morgan fingerprint density at radius 2 is 1.60 bits per heavy atom. The maximum Gasteiger partial charge on any atom is 0.517 e. The van der Waals surface area contributed by atoms with Crippen LogP contribution < -0.4 is 5.32 Å². The van der Waals surface area contributed by atoms with E-state index < -0.39 is 8.80 Å². The first-order valence-electron chi connectivity index (χ1n) is 6.22. The van der Waals surface area contributed by atoms with E-state index in [1.165, 1.54) is 0 Å². The summed E-state index contributed by atoms with van der Waals surface area (Å²) in [7, 11) is 2.15. The van der Waals surface area contributed by atoms with Crippen molar-refractivity contribution < 1.29 is 13.3 Å². The lowest BCUT2D eigenvalue weighted by Gasteiger charge is -2.32. The number of nitrogens with one attached hydrogen (secondary N) is 1.